The van der Waals surface area contributed by atoms with Crippen molar-refractivity contribution in [2.45, 2.75) is 20.1 Å². The van der Waals surface area contributed by atoms with Crippen LogP contribution < -0.4 is 19.6 Å². The number of carbonyl (C=O) groups excluding carboxylic acids is 1. The van der Waals surface area contributed by atoms with Crippen molar-refractivity contribution in [3.8, 4) is 17.2 Å². The van der Waals surface area contributed by atoms with E-state index in [0.717, 1.165) is 16.7 Å². The first-order chi connectivity index (χ1) is 17.6. The monoisotopic (exact) mass is 480 g/mol. The van der Waals surface area contributed by atoms with Crippen molar-refractivity contribution < 1.29 is 19.0 Å². The maximum Gasteiger partial charge on any atom is 0.271 e. The Bertz CT molecular complexity index is 1300. The number of ether oxygens (including phenoxy) is 3. The summed E-state index contributed by atoms with van der Waals surface area (Å²) in [6.45, 7) is 2.96. The molecule has 4 rings (SSSR count). The number of benzene rings is 4. The van der Waals surface area contributed by atoms with Crippen LogP contribution in [0.25, 0.3) is 0 Å². The Hall–Kier alpha value is -4.58. The number of hydrazone groups is 1. The molecule has 0 atom stereocenters. The Morgan fingerprint density at radius 3 is 2.22 bits per heavy atom. The number of nitrogens with one attached hydrogen (secondary N) is 1. The normalized spacial score (nSPS) is 10.7. The van der Waals surface area contributed by atoms with Crippen molar-refractivity contribution in [2.24, 2.45) is 5.10 Å². The molecule has 1 N–H and O–H groups in total. The van der Waals surface area contributed by atoms with Gasteiger partial charge in [-0.15, -0.1) is 0 Å². The van der Waals surface area contributed by atoms with Gasteiger partial charge in [0.25, 0.3) is 5.91 Å². The highest BCUT2D eigenvalue weighted by molar-refractivity contribution is 5.95. The van der Waals surface area contributed by atoms with Gasteiger partial charge >= 0.3 is 0 Å². The van der Waals surface area contributed by atoms with Crippen LogP contribution in [-0.2, 0) is 13.2 Å². The molecule has 0 aromatic heterocycles. The number of hydrogen-bond donors (Lipinski definition) is 1. The van der Waals surface area contributed by atoms with Gasteiger partial charge in [-0.2, -0.15) is 5.10 Å². The molecule has 0 spiro atoms. The third kappa shape index (κ3) is 6.96. The molecule has 0 radical (unpaired) electrons. The van der Waals surface area contributed by atoms with Crippen LogP contribution in [0.2, 0.25) is 0 Å². The minimum atomic E-state index is -0.314. The van der Waals surface area contributed by atoms with Crippen LogP contribution in [0.1, 0.15) is 32.6 Å². The number of carbonyl (C=O) groups is 1. The molecule has 0 aliphatic heterocycles. The minimum absolute atomic E-state index is 0.314. The van der Waals surface area contributed by atoms with Crippen molar-refractivity contribution in [1.82, 2.24) is 5.43 Å². The van der Waals surface area contributed by atoms with Gasteiger partial charge < -0.3 is 14.2 Å². The summed E-state index contributed by atoms with van der Waals surface area (Å²) in [4.78, 5) is 12.4. The van der Waals surface area contributed by atoms with Crippen molar-refractivity contribution in [1.29, 1.82) is 0 Å². The fourth-order valence-corrected chi connectivity index (χ4v) is 3.40. The van der Waals surface area contributed by atoms with Crippen molar-refractivity contribution in [3.05, 3.63) is 125 Å². The summed E-state index contributed by atoms with van der Waals surface area (Å²) >= 11 is 0. The molecule has 0 saturated heterocycles. The SMILES string of the molecule is COc1cc(/C=N\NC(=O)c2ccc(OCc3ccc(C)cc3)cc2)ccc1OCc1ccccc1. The van der Waals surface area contributed by atoms with E-state index >= 15 is 0 Å². The van der Waals surface area contributed by atoms with E-state index in [2.05, 4.69) is 22.7 Å². The molecular weight excluding hydrogens is 452 g/mol. The highest BCUT2D eigenvalue weighted by atomic mass is 16.5. The lowest BCUT2D eigenvalue weighted by Crippen LogP contribution is -2.17. The lowest BCUT2D eigenvalue weighted by Gasteiger charge is -2.11. The molecule has 0 heterocycles. The fraction of sp³-hybridized carbons (Fsp3) is 0.133. The summed E-state index contributed by atoms with van der Waals surface area (Å²) in [6.07, 6.45) is 1.56. The highest BCUT2D eigenvalue weighted by Crippen LogP contribution is 2.28. The maximum atomic E-state index is 12.4. The Kier molecular flexibility index (Phi) is 8.33. The number of hydrogen-bond acceptors (Lipinski definition) is 5. The average molecular weight is 481 g/mol. The molecule has 0 unspecified atom stereocenters. The number of rotatable bonds is 10. The van der Waals surface area contributed by atoms with Gasteiger partial charge in [0.05, 0.1) is 13.3 Å². The van der Waals surface area contributed by atoms with Crippen molar-refractivity contribution >= 4 is 12.1 Å². The van der Waals surface area contributed by atoms with E-state index in [0.29, 0.717) is 36.0 Å². The Morgan fingerprint density at radius 1 is 0.806 bits per heavy atom. The van der Waals surface area contributed by atoms with Gasteiger partial charge in [-0.1, -0.05) is 60.2 Å². The average Bonchev–Trinajstić information content (AvgIpc) is 2.92. The molecule has 0 fully saturated rings. The number of methoxy groups -OCH3 is 1. The quantitative estimate of drug-likeness (QED) is 0.226. The zero-order chi connectivity index (χ0) is 25.2. The van der Waals surface area contributed by atoms with Crippen LogP contribution in [-0.4, -0.2) is 19.2 Å². The van der Waals surface area contributed by atoms with E-state index in [1.807, 2.05) is 61.5 Å². The van der Waals surface area contributed by atoms with E-state index in [1.165, 1.54) is 5.56 Å². The predicted octanol–water partition coefficient (Wildman–Crippen LogP) is 5.93. The lowest BCUT2D eigenvalue weighted by molar-refractivity contribution is 0.0955. The molecule has 6 heteroatoms. The van der Waals surface area contributed by atoms with E-state index in [-0.39, 0.29) is 5.91 Å². The van der Waals surface area contributed by atoms with E-state index in [9.17, 15) is 4.79 Å². The summed E-state index contributed by atoms with van der Waals surface area (Å²) in [7, 11) is 1.58. The molecule has 6 nitrogen and oxygen atoms in total. The Balaban J connectivity index is 1.29. The Morgan fingerprint density at radius 2 is 1.50 bits per heavy atom. The van der Waals surface area contributed by atoms with Gasteiger partial charge in [-0.25, -0.2) is 5.43 Å². The molecule has 4 aromatic rings. The smallest absolute Gasteiger partial charge is 0.271 e. The van der Waals surface area contributed by atoms with Gasteiger partial charge in [0, 0.05) is 5.56 Å². The van der Waals surface area contributed by atoms with Gasteiger partial charge in [0.15, 0.2) is 11.5 Å². The largest absolute Gasteiger partial charge is 0.493 e. The molecular formula is C30H28N2O4. The second kappa shape index (κ2) is 12.2. The number of amides is 1. The molecule has 0 bridgehead atoms. The summed E-state index contributed by atoms with van der Waals surface area (Å²) < 4.78 is 17.1. The molecule has 36 heavy (non-hydrogen) atoms. The number of aryl methyl sites for hydroxylation is 1. The zero-order valence-electron chi connectivity index (χ0n) is 20.3. The minimum Gasteiger partial charge on any atom is -0.493 e. The van der Waals surface area contributed by atoms with E-state index in [1.54, 1.807) is 43.7 Å². The standard InChI is InChI=1S/C30H28N2O4/c1-22-8-10-24(11-9-22)20-35-27-15-13-26(14-16-27)30(33)32-31-19-25-12-17-28(29(18-25)34-2)36-21-23-6-4-3-5-7-23/h3-19H,20-21H2,1-2H3,(H,32,33)/b31-19-. The topological polar surface area (TPSA) is 69.2 Å². The summed E-state index contributed by atoms with van der Waals surface area (Å²) in [6, 6.07) is 30.5. The van der Waals surface area contributed by atoms with Crippen LogP contribution >= 0.6 is 0 Å². The second-order valence-corrected chi connectivity index (χ2v) is 8.18. The third-order valence-electron chi connectivity index (χ3n) is 5.45. The first-order valence-electron chi connectivity index (χ1n) is 11.6. The highest BCUT2D eigenvalue weighted by Gasteiger charge is 2.07. The van der Waals surface area contributed by atoms with Crippen LogP contribution in [0.3, 0.4) is 0 Å². The predicted molar refractivity (Wildman–Crippen MR) is 141 cm³/mol. The molecule has 182 valence electrons. The molecule has 4 aromatic carbocycles. The zero-order valence-corrected chi connectivity index (χ0v) is 20.3. The summed E-state index contributed by atoms with van der Waals surface area (Å²) in [5.74, 6) is 1.60. The summed E-state index contributed by atoms with van der Waals surface area (Å²) in [5.41, 5.74) is 7.16. The third-order valence-corrected chi connectivity index (χ3v) is 5.45. The maximum absolute atomic E-state index is 12.4. The van der Waals surface area contributed by atoms with E-state index in [4.69, 9.17) is 14.2 Å². The van der Waals surface area contributed by atoms with Gasteiger partial charge in [-0.05, 0) is 66.1 Å². The molecule has 0 saturated carbocycles. The van der Waals surface area contributed by atoms with E-state index < -0.39 is 0 Å². The van der Waals surface area contributed by atoms with Gasteiger partial charge in [-0.3, -0.25) is 4.79 Å². The molecule has 0 aliphatic rings. The van der Waals surface area contributed by atoms with Gasteiger partial charge in [0.2, 0.25) is 0 Å². The van der Waals surface area contributed by atoms with Crippen LogP contribution in [0, 0.1) is 6.92 Å². The van der Waals surface area contributed by atoms with Crippen LogP contribution in [0.15, 0.2) is 102 Å². The fourth-order valence-electron chi connectivity index (χ4n) is 3.40. The first-order valence-corrected chi connectivity index (χ1v) is 11.6. The Labute approximate surface area is 211 Å². The van der Waals surface area contributed by atoms with Gasteiger partial charge in [0.1, 0.15) is 19.0 Å². The first kappa shape index (κ1) is 24.5. The van der Waals surface area contributed by atoms with Crippen LogP contribution in [0.4, 0.5) is 0 Å². The summed E-state index contributed by atoms with van der Waals surface area (Å²) in [5, 5.41) is 4.07. The second-order valence-electron chi connectivity index (χ2n) is 8.18. The van der Waals surface area contributed by atoms with Crippen molar-refractivity contribution in [3.63, 3.8) is 0 Å². The lowest BCUT2D eigenvalue weighted by atomic mass is 10.2. The van der Waals surface area contributed by atoms with Crippen LogP contribution in [0.5, 0.6) is 17.2 Å². The molecule has 1 amide bonds. The van der Waals surface area contributed by atoms with Crippen molar-refractivity contribution in [2.75, 3.05) is 7.11 Å². The number of nitrogens with zero attached hydrogens (tertiary/aromatic N) is 1. The molecule has 0 aliphatic carbocycles.